The number of hydrogen-bond acceptors (Lipinski definition) is 4. The molecule has 2 saturated heterocycles. The molecule has 1 amide bonds. The number of halogens is 4. The minimum atomic E-state index is -0.270. The summed E-state index contributed by atoms with van der Waals surface area (Å²) in [5.41, 5.74) is 6.51. The molecule has 0 bridgehead atoms. The zero-order valence-corrected chi connectivity index (χ0v) is 18.6. The van der Waals surface area contributed by atoms with E-state index in [9.17, 15) is 9.18 Å². The van der Waals surface area contributed by atoms with Gasteiger partial charge in [0.2, 0.25) is 5.91 Å². The van der Waals surface area contributed by atoms with E-state index >= 15 is 0 Å². The molecule has 3 rings (SSSR count). The molecule has 1 atom stereocenters. The normalized spacial score (nSPS) is 23.2. The van der Waals surface area contributed by atoms with E-state index in [1.165, 1.54) is 6.07 Å². The average Bonchev–Trinajstić information content (AvgIpc) is 3.00. The zero-order valence-electron chi connectivity index (χ0n) is 16.2. The van der Waals surface area contributed by atoms with Gasteiger partial charge < -0.3 is 10.6 Å². The molecule has 1 aromatic rings. The predicted octanol–water partition coefficient (Wildman–Crippen LogP) is 2.64. The first kappa shape index (κ1) is 25.4. The number of piperazine rings is 1. The molecule has 0 radical (unpaired) electrons. The van der Waals surface area contributed by atoms with Crippen molar-refractivity contribution in [3.05, 3.63) is 34.6 Å². The molecule has 1 aromatic carbocycles. The van der Waals surface area contributed by atoms with Crippen molar-refractivity contribution in [1.82, 2.24) is 14.7 Å². The van der Waals surface area contributed by atoms with Gasteiger partial charge in [0.15, 0.2) is 0 Å². The van der Waals surface area contributed by atoms with Crippen LogP contribution in [0.3, 0.4) is 0 Å². The Hall–Kier alpha value is -0.630. The van der Waals surface area contributed by atoms with E-state index in [1.807, 2.05) is 4.90 Å². The molecule has 2 N–H and O–H groups in total. The van der Waals surface area contributed by atoms with Crippen LogP contribution in [0, 0.1) is 11.2 Å². The second-order valence-electron chi connectivity index (χ2n) is 7.83. The van der Waals surface area contributed by atoms with E-state index < -0.39 is 0 Å². The number of rotatable bonds is 5. The summed E-state index contributed by atoms with van der Waals surface area (Å²) in [6.07, 6.45) is 1.05. The third kappa shape index (κ3) is 6.18. The van der Waals surface area contributed by atoms with E-state index in [1.54, 1.807) is 12.1 Å². The highest BCUT2D eigenvalue weighted by Crippen LogP contribution is 2.28. The molecule has 0 aromatic heterocycles. The summed E-state index contributed by atoms with van der Waals surface area (Å²) in [5.74, 6) is -0.0946. The van der Waals surface area contributed by atoms with Crippen molar-refractivity contribution in [2.45, 2.75) is 19.9 Å². The van der Waals surface area contributed by atoms with Crippen molar-refractivity contribution >= 4 is 42.3 Å². The fraction of sp³-hybridized carbons (Fsp3) is 0.632. The fourth-order valence-electron chi connectivity index (χ4n) is 3.78. The van der Waals surface area contributed by atoms with Gasteiger partial charge in [-0.2, -0.15) is 0 Å². The lowest BCUT2D eigenvalue weighted by atomic mass is 9.90. The fourth-order valence-corrected chi connectivity index (χ4v) is 4.00. The van der Waals surface area contributed by atoms with Gasteiger partial charge in [-0.3, -0.25) is 14.6 Å². The first-order valence-electron chi connectivity index (χ1n) is 9.26. The Balaban J connectivity index is 0.00000196. The van der Waals surface area contributed by atoms with Gasteiger partial charge in [0.25, 0.3) is 0 Å². The lowest BCUT2D eigenvalue weighted by Gasteiger charge is -2.35. The molecule has 0 saturated carbocycles. The lowest BCUT2D eigenvalue weighted by molar-refractivity contribution is -0.134. The number of likely N-dealkylation sites (tertiary alicyclic amines) is 1. The van der Waals surface area contributed by atoms with E-state index in [4.69, 9.17) is 17.3 Å². The molecule has 0 spiro atoms. The van der Waals surface area contributed by atoms with Crippen molar-refractivity contribution in [2.24, 2.45) is 11.1 Å². The molecule has 0 aliphatic carbocycles. The largest absolute Gasteiger partial charge is 0.339 e. The highest BCUT2D eigenvalue weighted by Gasteiger charge is 2.34. The van der Waals surface area contributed by atoms with E-state index in [0.717, 1.165) is 32.6 Å². The third-order valence-corrected chi connectivity index (χ3v) is 6.01. The smallest absolute Gasteiger partial charge is 0.236 e. The Morgan fingerprint density at radius 3 is 2.43 bits per heavy atom. The monoisotopic (exact) mass is 454 g/mol. The first-order chi connectivity index (χ1) is 12.4. The van der Waals surface area contributed by atoms with Crippen LogP contribution in [0.5, 0.6) is 0 Å². The zero-order chi connectivity index (χ0) is 18.7. The van der Waals surface area contributed by atoms with Gasteiger partial charge in [-0.05, 0) is 37.1 Å². The summed E-state index contributed by atoms with van der Waals surface area (Å²) in [6, 6.07) is 4.77. The van der Waals surface area contributed by atoms with Gasteiger partial charge >= 0.3 is 0 Å². The maximum absolute atomic E-state index is 13.9. The minimum Gasteiger partial charge on any atom is -0.339 e. The van der Waals surface area contributed by atoms with Crippen LogP contribution < -0.4 is 5.73 Å². The molecular formula is C19H30Cl3FN4O. The number of carbonyl (C=O) groups is 1. The predicted molar refractivity (Wildman–Crippen MR) is 116 cm³/mol. The van der Waals surface area contributed by atoms with Crippen molar-refractivity contribution < 1.29 is 9.18 Å². The summed E-state index contributed by atoms with van der Waals surface area (Å²) in [6.45, 7) is 8.43. The lowest BCUT2D eigenvalue weighted by Crippen LogP contribution is -2.51. The number of hydrogen-bond donors (Lipinski definition) is 1. The Bertz CT molecular complexity index is 638. The van der Waals surface area contributed by atoms with Crippen LogP contribution in [0.4, 0.5) is 4.39 Å². The van der Waals surface area contributed by atoms with Gasteiger partial charge in [-0.25, -0.2) is 4.39 Å². The van der Waals surface area contributed by atoms with Gasteiger partial charge in [-0.15, -0.1) is 24.8 Å². The number of amides is 1. The van der Waals surface area contributed by atoms with Crippen LogP contribution in [0.2, 0.25) is 5.02 Å². The van der Waals surface area contributed by atoms with E-state index in [2.05, 4.69) is 16.7 Å². The van der Waals surface area contributed by atoms with E-state index in [-0.39, 0.29) is 42.0 Å². The molecule has 9 heteroatoms. The Morgan fingerprint density at radius 1 is 1.18 bits per heavy atom. The first-order valence-corrected chi connectivity index (χ1v) is 9.63. The van der Waals surface area contributed by atoms with Crippen molar-refractivity contribution in [3.63, 3.8) is 0 Å². The van der Waals surface area contributed by atoms with Gasteiger partial charge in [0.05, 0.1) is 6.54 Å². The van der Waals surface area contributed by atoms with Gasteiger partial charge in [0, 0.05) is 49.9 Å². The van der Waals surface area contributed by atoms with Crippen LogP contribution in [0.25, 0.3) is 0 Å². The number of benzene rings is 1. The number of nitrogens with two attached hydrogens (primary N) is 1. The van der Waals surface area contributed by atoms with E-state index in [0.29, 0.717) is 43.3 Å². The van der Waals surface area contributed by atoms with Crippen LogP contribution in [0.15, 0.2) is 18.2 Å². The average molecular weight is 456 g/mol. The molecule has 2 fully saturated rings. The number of nitrogens with zero attached hydrogens (tertiary/aromatic N) is 3. The third-order valence-electron chi connectivity index (χ3n) is 5.66. The quantitative estimate of drug-likeness (QED) is 0.741. The van der Waals surface area contributed by atoms with Gasteiger partial charge in [0.1, 0.15) is 5.82 Å². The van der Waals surface area contributed by atoms with Crippen LogP contribution in [0.1, 0.15) is 18.9 Å². The summed E-state index contributed by atoms with van der Waals surface area (Å²) in [5, 5.41) is 0.459. The molecule has 160 valence electrons. The Kier molecular flexibility index (Phi) is 9.94. The highest BCUT2D eigenvalue weighted by molar-refractivity contribution is 6.31. The molecule has 2 aliphatic heterocycles. The number of carbonyl (C=O) groups excluding carboxylic acids is 1. The van der Waals surface area contributed by atoms with Crippen molar-refractivity contribution in [2.75, 3.05) is 52.4 Å². The van der Waals surface area contributed by atoms with Crippen LogP contribution >= 0.6 is 36.4 Å². The summed E-state index contributed by atoms with van der Waals surface area (Å²) in [4.78, 5) is 18.9. The summed E-state index contributed by atoms with van der Waals surface area (Å²) < 4.78 is 13.9. The maximum Gasteiger partial charge on any atom is 0.236 e. The molecule has 1 unspecified atom stereocenters. The molecule has 28 heavy (non-hydrogen) atoms. The topological polar surface area (TPSA) is 52.8 Å². The molecule has 2 heterocycles. The molecule has 5 nitrogen and oxygen atoms in total. The second-order valence-corrected chi connectivity index (χ2v) is 8.24. The molecule has 2 aliphatic rings. The SMILES string of the molecule is CC1(CN)CCN(CC(=O)N2CCN(Cc3c(F)cccc3Cl)CC2)C1.Cl.Cl. The maximum atomic E-state index is 13.9. The summed E-state index contributed by atoms with van der Waals surface area (Å²) in [7, 11) is 0. The van der Waals surface area contributed by atoms with Crippen LogP contribution in [-0.2, 0) is 11.3 Å². The summed E-state index contributed by atoms with van der Waals surface area (Å²) >= 11 is 6.11. The Morgan fingerprint density at radius 2 is 1.86 bits per heavy atom. The minimum absolute atomic E-state index is 0. The van der Waals surface area contributed by atoms with Crippen molar-refractivity contribution in [3.8, 4) is 0 Å². The van der Waals surface area contributed by atoms with Gasteiger partial charge in [-0.1, -0.05) is 24.6 Å². The Labute approximate surface area is 184 Å². The highest BCUT2D eigenvalue weighted by atomic mass is 35.5. The second kappa shape index (κ2) is 11.0. The standard InChI is InChI=1S/C19H28ClFN4O.2ClH/c1-19(13-22)5-6-24(14-19)12-18(26)25-9-7-23(8-10-25)11-15-16(20)3-2-4-17(15)21;;/h2-4H,5-14,22H2,1H3;2*1H. The molecular weight excluding hydrogens is 426 g/mol. The van der Waals surface area contributed by atoms with Crippen molar-refractivity contribution in [1.29, 1.82) is 0 Å². The van der Waals surface area contributed by atoms with Crippen LogP contribution in [-0.4, -0.2) is 73.0 Å².